The van der Waals surface area contributed by atoms with Gasteiger partial charge in [0.1, 0.15) is 0 Å². The third kappa shape index (κ3) is 2.95. The number of barbiturate groups is 1. The third-order valence-corrected chi connectivity index (χ3v) is 8.74. The van der Waals surface area contributed by atoms with Crippen LogP contribution in [0.25, 0.3) is 0 Å². The predicted molar refractivity (Wildman–Crippen MR) is 135 cm³/mol. The molecule has 182 valence electrons. The summed E-state index contributed by atoms with van der Waals surface area (Å²) in [5, 5.41) is 6.57. The van der Waals surface area contributed by atoms with Gasteiger partial charge >= 0.3 is 6.03 Å². The van der Waals surface area contributed by atoms with Crippen LogP contribution in [0.4, 0.5) is 16.2 Å². The molecule has 3 fully saturated rings. The SMILES string of the molecule is CNC(=S)Nc1ccc2c(c1)CC1(C(=O)N(C)C(=O)N(C)C1=O)C1N2C2CC(C)(C)CC1(C)C2. The number of nitrogens with zero attached hydrogens (tertiary/aromatic N) is 3. The fraction of sp³-hybridized carbons (Fsp3) is 0.600. The van der Waals surface area contributed by atoms with E-state index in [0.717, 1.165) is 46.0 Å². The van der Waals surface area contributed by atoms with Crippen LogP contribution >= 0.6 is 12.2 Å². The van der Waals surface area contributed by atoms with Crippen LogP contribution in [0, 0.1) is 16.2 Å². The van der Waals surface area contributed by atoms with Gasteiger partial charge in [0.05, 0.1) is 6.04 Å². The van der Waals surface area contributed by atoms with E-state index in [0.29, 0.717) is 5.11 Å². The lowest BCUT2D eigenvalue weighted by Crippen LogP contribution is -2.72. The van der Waals surface area contributed by atoms with Crippen molar-refractivity contribution in [2.24, 2.45) is 16.2 Å². The number of rotatable bonds is 1. The molecule has 2 saturated heterocycles. The molecule has 1 spiro atoms. The van der Waals surface area contributed by atoms with Crippen LogP contribution in [0.1, 0.15) is 45.6 Å². The van der Waals surface area contributed by atoms with Gasteiger partial charge in [-0.1, -0.05) is 20.8 Å². The van der Waals surface area contributed by atoms with E-state index >= 15 is 0 Å². The number of amides is 4. The molecule has 4 aliphatic rings. The molecule has 8 nitrogen and oxygen atoms in total. The van der Waals surface area contributed by atoms with Crippen LogP contribution in [0.2, 0.25) is 0 Å². The Morgan fingerprint density at radius 3 is 2.32 bits per heavy atom. The van der Waals surface area contributed by atoms with Gasteiger partial charge in [-0.05, 0) is 72.5 Å². The number of hydrogen-bond donors (Lipinski definition) is 2. The number of hydrogen-bond acceptors (Lipinski definition) is 5. The zero-order valence-electron chi connectivity index (χ0n) is 20.7. The van der Waals surface area contributed by atoms with Gasteiger partial charge in [-0.15, -0.1) is 0 Å². The fourth-order valence-electron chi connectivity index (χ4n) is 7.73. The monoisotopic (exact) mass is 483 g/mol. The van der Waals surface area contributed by atoms with E-state index < -0.39 is 23.3 Å². The molecule has 0 radical (unpaired) electrons. The van der Waals surface area contributed by atoms with Gasteiger partial charge < -0.3 is 15.5 Å². The molecule has 3 heterocycles. The number of imide groups is 2. The topological polar surface area (TPSA) is 85.0 Å². The lowest BCUT2D eigenvalue weighted by molar-refractivity contribution is -0.161. The average Bonchev–Trinajstić information content (AvgIpc) is 3.00. The largest absolute Gasteiger partial charge is 0.366 e. The van der Waals surface area contributed by atoms with Gasteiger partial charge in [-0.3, -0.25) is 19.4 Å². The highest BCUT2D eigenvalue weighted by molar-refractivity contribution is 7.80. The highest BCUT2D eigenvalue weighted by Gasteiger charge is 2.71. The van der Waals surface area contributed by atoms with Crippen LogP contribution in [-0.4, -0.2) is 66.0 Å². The van der Waals surface area contributed by atoms with Gasteiger partial charge in [-0.2, -0.15) is 0 Å². The van der Waals surface area contributed by atoms with Crippen LogP contribution in [0.5, 0.6) is 0 Å². The van der Waals surface area contributed by atoms with E-state index in [4.69, 9.17) is 12.2 Å². The number of urea groups is 1. The number of anilines is 2. The summed E-state index contributed by atoms with van der Waals surface area (Å²) in [6, 6.07) is 5.42. The first-order valence-corrected chi connectivity index (χ1v) is 12.3. The van der Waals surface area contributed by atoms with Crippen LogP contribution in [0.15, 0.2) is 18.2 Å². The lowest BCUT2D eigenvalue weighted by atomic mass is 9.56. The molecule has 1 aromatic rings. The Morgan fingerprint density at radius 1 is 1.06 bits per heavy atom. The molecular formula is C25H33N5O3S. The summed E-state index contributed by atoms with van der Waals surface area (Å²) < 4.78 is 0. The fourth-order valence-corrected chi connectivity index (χ4v) is 7.84. The lowest BCUT2D eigenvalue weighted by Gasteiger charge is -2.54. The van der Waals surface area contributed by atoms with E-state index in [9.17, 15) is 14.4 Å². The van der Waals surface area contributed by atoms with Gasteiger partial charge in [-0.25, -0.2) is 4.79 Å². The van der Waals surface area contributed by atoms with Crippen LogP contribution in [0.3, 0.4) is 0 Å². The number of benzene rings is 1. The molecule has 34 heavy (non-hydrogen) atoms. The first kappa shape index (κ1) is 23.1. The van der Waals surface area contributed by atoms with Crippen LogP contribution in [-0.2, 0) is 16.0 Å². The molecule has 3 unspecified atom stereocenters. The number of carbonyl (C=O) groups is 3. The van der Waals surface area contributed by atoms with Crippen molar-refractivity contribution in [3.63, 3.8) is 0 Å². The highest BCUT2D eigenvalue weighted by Crippen LogP contribution is 2.64. The van der Waals surface area contributed by atoms with Crippen molar-refractivity contribution in [1.82, 2.24) is 15.1 Å². The quantitative estimate of drug-likeness (QED) is 0.469. The second-order valence-corrected chi connectivity index (χ2v) is 12.0. The number of thiocarbonyl (C=S) groups is 1. The Balaban J connectivity index is 1.73. The summed E-state index contributed by atoms with van der Waals surface area (Å²) in [7, 11) is 4.74. The van der Waals surface area contributed by atoms with E-state index in [2.05, 4.69) is 42.4 Å². The summed E-state index contributed by atoms with van der Waals surface area (Å²) in [6.07, 6.45) is 3.10. The summed E-state index contributed by atoms with van der Waals surface area (Å²) >= 11 is 5.28. The smallest absolute Gasteiger partial charge is 0.332 e. The zero-order chi connectivity index (χ0) is 24.8. The minimum atomic E-state index is -1.35. The van der Waals surface area contributed by atoms with Crippen LogP contribution < -0.4 is 15.5 Å². The molecule has 3 aliphatic heterocycles. The summed E-state index contributed by atoms with van der Waals surface area (Å²) in [5.41, 5.74) is 1.30. The molecule has 9 heteroatoms. The van der Waals surface area contributed by atoms with Gasteiger partial charge in [0.15, 0.2) is 10.5 Å². The standard InChI is InChI=1S/C25H33N5O3S/c1-23(2)11-16-12-24(3,13-23)18-25(19(31)28(5)22(33)29(6)20(25)32)10-14-9-15(27-21(34)26-4)7-8-17(14)30(16)18/h7-9,16,18H,10-13H2,1-6H3,(H2,26,27,34). The van der Waals surface area contributed by atoms with E-state index in [1.807, 2.05) is 12.1 Å². The molecular weight excluding hydrogens is 450 g/mol. The molecule has 2 N–H and O–H groups in total. The van der Waals surface area contributed by atoms with Crippen molar-refractivity contribution in [2.75, 3.05) is 31.4 Å². The minimum absolute atomic E-state index is 0.0885. The number of carbonyl (C=O) groups excluding carboxylic acids is 3. The van der Waals surface area contributed by atoms with Crippen molar-refractivity contribution in [2.45, 2.75) is 58.5 Å². The number of fused-ring (bicyclic) bond motifs is 8. The first-order valence-electron chi connectivity index (χ1n) is 11.8. The molecule has 2 bridgehead atoms. The Kier molecular flexibility index (Phi) is 4.86. The maximum Gasteiger partial charge on any atom is 0.332 e. The van der Waals surface area contributed by atoms with Gasteiger partial charge in [0.25, 0.3) is 0 Å². The Morgan fingerprint density at radius 2 is 1.71 bits per heavy atom. The summed E-state index contributed by atoms with van der Waals surface area (Å²) in [6.45, 7) is 6.79. The maximum atomic E-state index is 14.0. The molecule has 3 atom stereocenters. The minimum Gasteiger partial charge on any atom is -0.366 e. The summed E-state index contributed by atoms with van der Waals surface area (Å²) in [5.74, 6) is -0.783. The average molecular weight is 484 g/mol. The number of nitrogens with one attached hydrogen (secondary N) is 2. The zero-order valence-corrected chi connectivity index (χ0v) is 21.5. The van der Waals surface area contributed by atoms with Gasteiger partial charge in [0.2, 0.25) is 11.8 Å². The van der Waals surface area contributed by atoms with Crippen molar-refractivity contribution >= 4 is 46.6 Å². The molecule has 1 saturated carbocycles. The Labute approximate surface area is 206 Å². The first-order chi connectivity index (χ1) is 15.8. The highest BCUT2D eigenvalue weighted by atomic mass is 32.1. The predicted octanol–water partition coefficient (Wildman–Crippen LogP) is 2.97. The van der Waals surface area contributed by atoms with E-state index in [1.54, 1.807) is 7.05 Å². The van der Waals surface area contributed by atoms with Crippen molar-refractivity contribution in [3.05, 3.63) is 23.8 Å². The molecule has 1 aromatic carbocycles. The Hall–Kier alpha value is -2.68. The van der Waals surface area contributed by atoms with Crippen molar-refractivity contribution < 1.29 is 14.4 Å². The molecule has 4 amide bonds. The molecule has 1 aliphatic carbocycles. The Bertz CT molecular complexity index is 1110. The van der Waals surface area contributed by atoms with Crippen molar-refractivity contribution in [3.8, 4) is 0 Å². The van der Waals surface area contributed by atoms with E-state index in [1.165, 1.54) is 14.1 Å². The second-order valence-electron chi connectivity index (χ2n) is 11.6. The normalized spacial score (nSPS) is 30.9. The van der Waals surface area contributed by atoms with Crippen molar-refractivity contribution in [1.29, 1.82) is 0 Å². The van der Waals surface area contributed by atoms with E-state index in [-0.39, 0.29) is 29.3 Å². The molecule has 0 aromatic heterocycles. The molecule has 5 rings (SSSR count). The maximum absolute atomic E-state index is 14.0. The third-order valence-electron chi connectivity index (χ3n) is 8.43. The second kappa shape index (κ2) is 7.16. The van der Waals surface area contributed by atoms with Gasteiger partial charge in [0, 0.05) is 38.6 Å². The summed E-state index contributed by atoms with van der Waals surface area (Å²) in [4.78, 5) is 45.3.